The predicted molar refractivity (Wildman–Crippen MR) is 147 cm³/mol. The van der Waals surface area contributed by atoms with Gasteiger partial charge in [0, 0.05) is 0 Å². The molecule has 2 aromatic rings. The van der Waals surface area contributed by atoms with Crippen molar-refractivity contribution >= 4 is 52.2 Å². The van der Waals surface area contributed by atoms with Gasteiger partial charge < -0.3 is 19.7 Å². The van der Waals surface area contributed by atoms with Gasteiger partial charge in [-0.05, 0) is 66.9 Å². The van der Waals surface area contributed by atoms with Crippen LogP contribution in [0.25, 0.3) is 0 Å². The molecule has 1 aliphatic heterocycles. The van der Waals surface area contributed by atoms with Gasteiger partial charge in [0.2, 0.25) is 0 Å². The zero-order chi connectivity index (χ0) is 23.1. The number of nitrogens with one attached hydrogen (secondary N) is 1. The van der Waals surface area contributed by atoms with Crippen molar-refractivity contribution in [1.82, 2.24) is 10.2 Å². The quantitative estimate of drug-likeness (QED) is 0.282. The summed E-state index contributed by atoms with van der Waals surface area (Å²) < 4.78 is 12.5. The Hall–Kier alpha value is -2.07. The van der Waals surface area contributed by atoms with E-state index in [1.807, 2.05) is 36.1 Å². The lowest BCUT2D eigenvalue weighted by atomic mass is 10.1. The van der Waals surface area contributed by atoms with Crippen LogP contribution in [0, 0.1) is 13.8 Å². The van der Waals surface area contributed by atoms with Crippen LogP contribution in [-0.2, 0) is 4.74 Å². The normalized spacial score (nSPS) is 16.2. The number of aryl methyl sites for hydroxylation is 2. The molecule has 33 heavy (non-hydrogen) atoms. The van der Waals surface area contributed by atoms with E-state index in [1.165, 1.54) is 5.56 Å². The van der Waals surface area contributed by atoms with Crippen LogP contribution in [0.5, 0.6) is 5.75 Å². The molecule has 1 aliphatic rings. The lowest BCUT2D eigenvalue weighted by Gasteiger charge is -2.32. The summed E-state index contributed by atoms with van der Waals surface area (Å²) in [5.74, 6) is 1.30. The zero-order valence-electron chi connectivity index (χ0n) is 19.4. The van der Waals surface area contributed by atoms with Crippen LogP contribution in [0.1, 0.15) is 41.8 Å². The number of nitrogens with zero attached hydrogens (tertiary/aromatic N) is 2. The summed E-state index contributed by atoms with van der Waals surface area (Å²) in [4.78, 5) is 18.7. The van der Waals surface area contributed by atoms with Crippen molar-refractivity contribution in [2.45, 2.75) is 46.3 Å². The van der Waals surface area contributed by atoms with Gasteiger partial charge in [-0.2, -0.15) is 0 Å². The fraction of sp³-hybridized carbons (Fsp3) is 0.360. The van der Waals surface area contributed by atoms with Gasteiger partial charge in [0.1, 0.15) is 17.7 Å². The molecule has 0 aliphatic carbocycles. The summed E-state index contributed by atoms with van der Waals surface area (Å²) >= 11 is 3.69. The zero-order valence-corrected chi connectivity index (χ0v) is 23.3. The smallest absolute Gasteiger partial charge is 0.339 e. The second kappa shape index (κ2) is 13.0. The van der Waals surface area contributed by atoms with Crippen LogP contribution in [0.4, 0.5) is 0 Å². The molecule has 2 aromatic carbocycles. The van der Waals surface area contributed by atoms with Gasteiger partial charge in [-0.15, -0.1) is 24.0 Å². The summed E-state index contributed by atoms with van der Waals surface area (Å²) in [7, 11) is 0. The molecular formula is C25H31BrIN3O3. The van der Waals surface area contributed by atoms with Gasteiger partial charge in [0.15, 0.2) is 6.73 Å². The molecule has 0 saturated carbocycles. The molecule has 2 unspecified atom stereocenters. The summed E-state index contributed by atoms with van der Waals surface area (Å²) in [6, 6.07) is 15.2. The van der Waals surface area contributed by atoms with Crippen LogP contribution in [0.15, 0.2) is 63.8 Å². The van der Waals surface area contributed by atoms with E-state index in [4.69, 9.17) is 9.47 Å². The lowest BCUT2D eigenvalue weighted by molar-refractivity contribution is 0.0316. The van der Waals surface area contributed by atoms with Crippen molar-refractivity contribution in [3.8, 4) is 5.75 Å². The highest BCUT2D eigenvalue weighted by molar-refractivity contribution is 14.0. The average molecular weight is 628 g/mol. The highest BCUT2D eigenvalue weighted by atomic mass is 127. The summed E-state index contributed by atoms with van der Waals surface area (Å²) in [6.07, 6.45) is 2.51. The molecule has 0 amide bonds. The second-order valence-electron chi connectivity index (χ2n) is 7.88. The van der Waals surface area contributed by atoms with Gasteiger partial charge in [0.05, 0.1) is 29.0 Å². The second-order valence-corrected chi connectivity index (χ2v) is 8.74. The molecule has 1 N–H and O–H groups in total. The van der Waals surface area contributed by atoms with Gasteiger partial charge in [-0.3, -0.25) is 0 Å². The molecule has 0 saturated heterocycles. The number of aliphatic imine (C=N–C) groups is 1. The average Bonchev–Trinajstić information content (AvgIpc) is 2.79. The first kappa shape index (κ1) is 27.2. The Morgan fingerprint density at radius 2 is 1.94 bits per heavy atom. The number of hydrogen-bond acceptors (Lipinski definition) is 6. The number of benzene rings is 2. The summed E-state index contributed by atoms with van der Waals surface area (Å²) in [6.45, 7) is 8.97. The number of halogens is 2. The van der Waals surface area contributed by atoms with Crippen molar-refractivity contribution in [3.05, 3.63) is 75.5 Å². The molecule has 0 bridgehead atoms. The van der Waals surface area contributed by atoms with Crippen LogP contribution in [-0.4, -0.2) is 42.6 Å². The Kier molecular flexibility index (Phi) is 10.7. The Labute approximate surface area is 221 Å². The molecular weight excluding hydrogens is 597 g/mol. The third-order valence-electron chi connectivity index (χ3n) is 5.21. The van der Waals surface area contributed by atoms with Gasteiger partial charge in [-0.25, -0.2) is 9.79 Å². The maximum absolute atomic E-state index is 12.3. The Morgan fingerprint density at radius 1 is 1.21 bits per heavy atom. The molecule has 0 fully saturated rings. The molecule has 8 heteroatoms. The third-order valence-corrected chi connectivity index (χ3v) is 6.11. The first-order chi connectivity index (χ1) is 15.4. The summed E-state index contributed by atoms with van der Waals surface area (Å²) in [5, 5.41) is 3.37. The molecule has 0 spiro atoms. The summed E-state index contributed by atoms with van der Waals surface area (Å²) in [5.41, 5.74) is 2.87. The fourth-order valence-electron chi connectivity index (χ4n) is 3.47. The first-order valence-electron chi connectivity index (χ1n) is 10.8. The van der Waals surface area contributed by atoms with Gasteiger partial charge in [0.25, 0.3) is 0 Å². The van der Waals surface area contributed by atoms with E-state index in [0.717, 1.165) is 28.0 Å². The van der Waals surface area contributed by atoms with Crippen molar-refractivity contribution in [1.29, 1.82) is 0 Å². The molecule has 178 valence electrons. The van der Waals surface area contributed by atoms with Crippen molar-refractivity contribution in [2.24, 2.45) is 4.99 Å². The van der Waals surface area contributed by atoms with E-state index in [1.54, 1.807) is 18.5 Å². The highest BCUT2D eigenvalue weighted by Gasteiger charge is 2.25. The fourth-order valence-corrected chi connectivity index (χ4v) is 4.29. The van der Waals surface area contributed by atoms with Crippen molar-refractivity contribution in [3.63, 3.8) is 0 Å². The highest BCUT2D eigenvalue weighted by Crippen LogP contribution is 2.26. The number of carbonyl (C=O) groups is 1. The van der Waals surface area contributed by atoms with Crippen molar-refractivity contribution < 1.29 is 14.3 Å². The SMILES string of the molecule is CCC1C(Br)=C(NCC(C)Oc2ccc(C)cc2C)N=CN1COC(=O)c1ccccc1.I. The molecule has 0 aromatic heterocycles. The Balaban J connectivity index is 0.00000385. The molecule has 2 atom stereocenters. The van der Waals surface area contributed by atoms with E-state index in [2.05, 4.69) is 59.1 Å². The largest absolute Gasteiger partial charge is 0.489 e. The molecule has 0 radical (unpaired) electrons. The third kappa shape index (κ3) is 7.46. The standard InChI is InChI=1S/C25H30BrN3O3.HI/c1-5-21-23(26)24(27-14-19(4)32-22-12-11-17(2)13-18(22)3)28-15-29(21)16-31-25(30)20-9-7-6-8-10-20;/h6-13,15,19,21,27H,5,14,16H2,1-4H3;1H. The minimum atomic E-state index is -0.352. The van der Waals surface area contributed by atoms with Crippen molar-refractivity contribution in [2.75, 3.05) is 13.3 Å². The number of carbonyl (C=O) groups excluding carboxylic acids is 1. The first-order valence-corrected chi connectivity index (χ1v) is 11.6. The maximum atomic E-state index is 12.3. The number of hydrogen-bond donors (Lipinski definition) is 1. The van der Waals surface area contributed by atoms with Crippen LogP contribution in [0.3, 0.4) is 0 Å². The van der Waals surface area contributed by atoms with E-state index >= 15 is 0 Å². The number of esters is 1. The van der Waals surface area contributed by atoms with E-state index in [-0.39, 0.29) is 48.8 Å². The molecule has 6 nitrogen and oxygen atoms in total. The molecule has 1 heterocycles. The van der Waals surface area contributed by atoms with E-state index in [0.29, 0.717) is 12.1 Å². The van der Waals surface area contributed by atoms with Crippen LogP contribution in [0.2, 0.25) is 0 Å². The Morgan fingerprint density at radius 3 is 2.61 bits per heavy atom. The lowest BCUT2D eigenvalue weighted by Crippen LogP contribution is -2.41. The van der Waals surface area contributed by atoms with Gasteiger partial charge >= 0.3 is 5.97 Å². The number of ether oxygens (including phenoxy) is 2. The molecule has 3 rings (SSSR count). The van der Waals surface area contributed by atoms with Crippen LogP contribution < -0.4 is 10.1 Å². The van der Waals surface area contributed by atoms with Crippen LogP contribution >= 0.6 is 39.9 Å². The topological polar surface area (TPSA) is 63.2 Å². The minimum Gasteiger partial charge on any atom is -0.489 e. The number of rotatable bonds is 9. The van der Waals surface area contributed by atoms with Gasteiger partial charge in [-0.1, -0.05) is 42.8 Å². The Bertz CT molecular complexity index is 998. The van der Waals surface area contributed by atoms with E-state index in [9.17, 15) is 4.79 Å². The van der Waals surface area contributed by atoms with E-state index < -0.39 is 0 Å². The monoisotopic (exact) mass is 627 g/mol. The minimum absolute atomic E-state index is 0. The predicted octanol–water partition coefficient (Wildman–Crippen LogP) is 5.78. The maximum Gasteiger partial charge on any atom is 0.339 e.